The van der Waals surface area contributed by atoms with E-state index in [1.807, 2.05) is 13.8 Å². The topological polar surface area (TPSA) is 38.3 Å². The first kappa shape index (κ1) is 16.8. The van der Waals surface area contributed by atoms with Crippen molar-refractivity contribution in [3.8, 4) is 0 Å². The number of hydrogen-bond donors (Lipinski definition) is 1. The highest BCUT2D eigenvalue weighted by molar-refractivity contribution is 6.17. The van der Waals surface area contributed by atoms with Gasteiger partial charge in [0, 0.05) is 12.4 Å². The van der Waals surface area contributed by atoms with Crippen LogP contribution in [0.15, 0.2) is 0 Å². The van der Waals surface area contributed by atoms with Crippen molar-refractivity contribution < 1.29 is 9.53 Å². The maximum absolute atomic E-state index is 12.3. The average Bonchev–Trinajstić information content (AvgIpc) is 2.61. The van der Waals surface area contributed by atoms with Crippen LogP contribution in [0.25, 0.3) is 0 Å². The maximum Gasteiger partial charge on any atom is 0.226 e. The maximum atomic E-state index is 12.3. The third-order valence-electron chi connectivity index (χ3n) is 4.32. The summed E-state index contributed by atoms with van der Waals surface area (Å²) in [6, 6.07) is 0. The zero-order chi connectivity index (χ0) is 14.4. The van der Waals surface area contributed by atoms with Gasteiger partial charge in [0.05, 0.1) is 18.1 Å². The monoisotopic (exact) mass is 289 g/mol. The van der Waals surface area contributed by atoms with E-state index in [9.17, 15) is 4.79 Å². The number of halogens is 1. The lowest BCUT2D eigenvalue weighted by atomic mass is 9.88. The van der Waals surface area contributed by atoms with Gasteiger partial charge in [0.15, 0.2) is 0 Å². The predicted molar refractivity (Wildman–Crippen MR) is 79.4 cm³/mol. The molecule has 1 saturated heterocycles. The van der Waals surface area contributed by atoms with Gasteiger partial charge >= 0.3 is 0 Å². The first-order valence-corrected chi connectivity index (χ1v) is 8.03. The number of carbonyl (C=O) groups excluding carboxylic acids is 1. The molecule has 0 saturated carbocycles. The van der Waals surface area contributed by atoms with Crippen molar-refractivity contribution in [2.45, 2.75) is 59.2 Å². The van der Waals surface area contributed by atoms with Crippen LogP contribution in [0.3, 0.4) is 0 Å². The molecule has 1 heterocycles. The standard InChI is InChI=1S/C15H28ClNO2/c1-5-6-13(7-8-16)9-17-15(18)14-10(2)11(3)19-12(14)4/h10-14H,5-9H2,1-4H3,(H,17,18). The van der Waals surface area contributed by atoms with Crippen molar-refractivity contribution in [1.82, 2.24) is 5.32 Å². The molecule has 1 rings (SSSR count). The zero-order valence-electron chi connectivity index (χ0n) is 12.6. The van der Waals surface area contributed by atoms with E-state index in [0.29, 0.717) is 11.8 Å². The largest absolute Gasteiger partial charge is 0.374 e. The summed E-state index contributed by atoms with van der Waals surface area (Å²) >= 11 is 5.81. The van der Waals surface area contributed by atoms with Crippen LogP contribution in [0.1, 0.15) is 47.0 Å². The van der Waals surface area contributed by atoms with Gasteiger partial charge in [-0.05, 0) is 38.5 Å². The Morgan fingerprint density at radius 2 is 1.95 bits per heavy atom. The normalized spacial score (nSPS) is 32.3. The number of carbonyl (C=O) groups is 1. The molecule has 3 nitrogen and oxygen atoms in total. The van der Waals surface area contributed by atoms with E-state index in [1.54, 1.807) is 0 Å². The zero-order valence-corrected chi connectivity index (χ0v) is 13.4. The molecule has 4 heteroatoms. The highest BCUT2D eigenvalue weighted by Gasteiger charge is 2.41. The third-order valence-corrected chi connectivity index (χ3v) is 4.54. The summed E-state index contributed by atoms with van der Waals surface area (Å²) < 4.78 is 5.73. The molecule has 112 valence electrons. The van der Waals surface area contributed by atoms with Gasteiger partial charge in [-0.1, -0.05) is 20.3 Å². The van der Waals surface area contributed by atoms with Crippen LogP contribution in [0.4, 0.5) is 0 Å². The fourth-order valence-electron chi connectivity index (χ4n) is 2.99. The molecule has 5 unspecified atom stereocenters. The van der Waals surface area contributed by atoms with Gasteiger partial charge in [-0.3, -0.25) is 4.79 Å². The van der Waals surface area contributed by atoms with Gasteiger partial charge < -0.3 is 10.1 Å². The minimum absolute atomic E-state index is 0.0163. The number of nitrogens with one attached hydrogen (secondary N) is 1. The average molecular weight is 290 g/mol. The quantitative estimate of drug-likeness (QED) is 0.731. The molecular weight excluding hydrogens is 262 g/mol. The Labute approximate surface area is 122 Å². The van der Waals surface area contributed by atoms with Gasteiger partial charge in [0.25, 0.3) is 0 Å². The number of rotatable bonds is 7. The predicted octanol–water partition coefficient (Wildman–Crippen LogP) is 3.21. The molecule has 0 radical (unpaired) electrons. The Morgan fingerprint density at radius 1 is 1.26 bits per heavy atom. The molecule has 1 fully saturated rings. The van der Waals surface area contributed by atoms with E-state index in [0.717, 1.165) is 25.8 Å². The van der Waals surface area contributed by atoms with E-state index in [4.69, 9.17) is 16.3 Å². The Morgan fingerprint density at radius 3 is 2.42 bits per heavy atom. The lowest BCUT2D eigenvalue weighted by Crippen LogP contribution is -2.39. The Hall–Kier alpha value is -0.280. The van der Waals surface area contributed by atoms with Crippen molar-refractivity contribution in [3.63, 3.8) is 0 Å². The van der Waals surface area contributed by atoms with Crippen LogP contribution < -0.4 is 5.32 Å². The van der Waals surface area contributed by atoms with Crippen LogP contribution in [0, 0.1) is 17.8 Å². The van der Waals surface area contributed by atoms with Gasteiger partial charge in [0.1, 0.15) is 0 Å². The highest BCUT2D eigenvalue weighted by Crippen LogP contribution is 2.32. The molecule has 0 aromatic rings. The first-order valence-electron chi connectivity index (χ1n) is 7.50. The van der Waals surface area contributed by atoms with E-state index < -0.39 is 0 Å². The fourth-order valence-corrected chi connectivity index (χ4v) is 3.30. The summed E-state index contributed by atoms with van der Waals surface area (Å²) in [7, 11) is 0. The van der Waals surface area contributed by atoms with Crippen molar-refractivity contribution in [1.29, 1.82) is 0 Å². The van der Waals surface area contributed by atoms with E-state index in [-0.39, 0.29) is 30.0 Å². The van der Waals surface area contributed by atoms with Crippen LogP contribution in [-0.4, -0.2) is 30.5 Å². The molecule has 1 aliphatic heterocycles. The van der Waals surface area contributed by atoms with Crippen molar-refractivity contribution >= 4 is 17.5 Å². The van der Waals surface area contributed by atoms with Crippen LogP contribution in [0.5, 0.6) is 0 Å². The Kier molecular flexibility index (Phi) is 7.16. The molecule has 19 heavy (non-hydrogen) atoms. The Bertz CT molecular complexity index is 279. The van der Waals surface area contributed by atoms with Gasteiger partial charge in [-0.2, -0.15) is 0 Å². The molecule has 0 aliphatic carbocycles. The lowest BCUT2D eigenvalue weighted by Gasteiger charge is -2.21. The van der Waals surface area contributed by atoms with Crippen molar-refractivity contribution in [3.05, 3.63) is 0 Å². The van der Waals surface area contributed by atoms with Crippen LogP contribution in [-0.2, 0) is 9.53 Å². The summed E-state index contributed by atoms with van der Waals surface area (Å²) in [5.74, 6) is 1.56. The molecule has 1 aliphatic rings. The second-order valence-electron chi connectivity index (χ2n) is 5.81. The van der Waals surface area contributed by atoms with Crippen LogP contribution in [0.2, 0.25) is 0 Å². The van der Waals surface area contributed by atoms with Crippen LogP contribution >= 0.6 is 11.6 Å². The molecule has 5 atom stereocenters. The lowest BCUT2D eigenvalue weighted by molar-refractivity contribution is -0.127. The van der Waals surface area contributed by atoms with Gasteiger partial charge in [-0.15, -0.1) is 11.6 Å². The molecule has 0 spiro atoms. The van der Waals surface area contributed by atoms with E-state index in [1.165, 1.54) is 0 Å². The summed E-state index contributed by atoms with van der Waals surface area (Å²) in [6.07, 6.45) is 3.41. The minimum atomic E-state index is -0.0201. The van der Waals surface area contributed by atoms with Gasteiger partial charge in [-0.25, -0.2) is 0 Å². The molecule has 1 N–H and O–H groups in total. The molecule has 0 aromatic heterocycles. The summed E-state index contributed by atoms with van der Waals surface area (Å²) in [5, 5.41) is 3.10. The number of hydrogen-bond acceptors (Lipinski definition) is 2. The van der Waals surface area contributed by atoms with Crippen molar-refractivity contribution in [2.75, 3.05) is 12.4 Å². The SMILES string of the molecule is CCCC(CCCl)CNC(=O)C1C(C)OC(C)C1C. The molecular formula is C15H28ClNO2. The summed E-state index contributed by atoms with van der Waals surface area (Å²) in [4.78, 5) is 12.3. The number of ether oxygens (including phenoxy) is 1. The first-order chi connectivity index (χ1) is 9.01. The molecule has 0 aromatic carbocycles. The third kappa shape index (κ3) is 4.64. The number of amides is 1. The van der Waals surface area contributed by atoms with E-state index in [2.05, 4.69) is 19.2 Å². The second kappa shape index (κ2) is 8.11. The summed E-state index contributed by atoms with van der Waals surface area (Å²) in [5.41, 5.74) is 0. The fraction of sp³-hybridized carbons (Fsp3) is 0.933. The van der Waals surface area contributed by atoms with Gasteiger partial charge in [0.2, 0.25) is 5.91 Å². The molecule has 1 amide bonds. The molecule has 0 bridgehead atoms. The minimum Gasteiger partial charge on any atom is -0.374 e. The second-order valence-corrected chi connectivity index (χ2v) is 6.19. The smallest absolute Gasteiger partial charge is 0.226 e. The number of alkyl halides is 1. The summed E-state index contributed by atoms with van der Waals surface area (Å²) in [6.45, 7) is 9.04. The Balaban J connectivity index is 2.45. The van der Waals surface area contributed by atoms with E-state index >= 15 is 0 Å². The highest BCUT2D eigenvalue weighted by atomic mass is 35.5. The van der Waals surface area contributed by atoms with Crippen molar-refractivity contribution in [2.24, 2.45) is 17.8 Å².